The van der Waals surface area contributed by atoms with Gasteiger partial charge in [-0.2, -0.15) is 5.26 Å². The number of allylic oxidation sites excluding steroid dienone is 1. The summed E-state index contributed by atoms with van der Waals surface area (Å²) in [5.74, 6) is 1.54. The van der Waals surface area contributed by atoms with E-state index in [1.165, 1.54) is 0 Å². The zero-order chi connectivity index (χ0) is 24.9. The number of nitriles is 1. The quantitative estimate of drug-likeness (QED) is 0.517. The third-order valence-electron chi connectivity index (χ3n) is 6.29. The fourth-order valence-corrected chi connectivity index (χ4v) is 4.16. The molecule has 2 aromatic carbocycles. The van der Waals surface area contributed by atoms with Crippen molar-refractivity contribution < 1.29 is 9.53 Å². The third kappa shape index (κ3) is 5.14. The summed E-state index contributed by atoms with van der Waals surface area (Å²) in [6.07, 6.45) is 2.35. The summed E-state index contributed by atoms with van der Waals surface area (Å²) in [5, 5.41) is 16.1. The molecule has 1 amide bonds. The highest BCUT2D eigenvalue weighted by Gasteiger charge is 2.22. The third-order valence-corrected chi connectivity index (χ3v) is 6.29. The van der Waals surface area contributed by atoms with Crippen LogP contribution in [0.2, 0.25) is 0 Å². The molecule has 1 fully saturated rings. The summed E-state index contributed by atoms with van der Waals surface area (Å²) < 4.78 is 5.80. The van der Waals surface area contributed by atoms with Gasteiger partial charge in [0.15, 0.2) is 5.75 Å². The Bertz CT molecular complexity index is 1300. The van der Waals surface area contributed by atoms with Crippen molar-refractivity contribution in [3.8, 4) is 11.8 Å². The number of rotatable bonds is 6. The van der Waals surface area contributed by atoms with Crippen molar-refractivity contribution in [1.29, 1.82) is 5.26 Å². The summed E-state index contributed by atoms with van der Waals surface area (Å²) in [5.41, 5.74) is 3.40. The van der Waals surface area contributed by atoms with Gasteiger partial charge in [0, 0.05) is 44.5 Å². The lowest BCUT2D eigenvalue weighted by atomic mass is 10.1. The molecule has 0 aliphatic carbocycles. The maximum Gasteiger partial charge on any atom is 0.253 e. The van der Waals surface area contributed by atoms with Crippen molar-refractivity contribution in [3.05, 3.63) is 83.5 Å². The average Bonchev–Trinajstić information content (AvgIpc) is 3.34. The van der Waals surface area contributed by atoms with Gasteiger partial charge in [0.2, 0.25) is 11.8 Å². The number of aromatic nitrogens is 2. The average molecular weight is 482 g/mol. The van der Waals surface area contributed by atoms with Crippen molar-refractivity contribution in [2.24, 2.45) is 0 Å². The van der Waals surface area contributed by atoms with Gasteiger partial charge in [-0.1, -0.05) is 24.3 Å². The van der Waals surface area contributed by atoms with Crippen LogP contribution in [-0.4, -0.2) is 65.4 Å². The molecule has 2 aliphatic heterocycles. The second kappa shape index (κ2) is 10.5. The van der Waals surface area contributed by atoms with Gasteiger partial charge in [-0.25, -0.2) is 9.97 Å². The highest BCUT2D eigenvalue weighted by atomic mass is 16.5. The van der Waals surface area contributed by atoms with Crippen LogP contribution in [-0.2, 0) is 6.42 Å². The standard InChI is InChI=1S/C27H27N7O2/c1-33-14-16-34(17-15-33)26(35)20-8-6-19(7-9-20)10-12-29-27-30-13-11-22(32-27)21(18-28)25-31-23-4-2-3-5-24(23)36-25/h2-9,11,13,31H,10,12,14-17H2,1H3,(H,29,30,32)/b25-21-. The predicted molar refractivity (Wildman–Crippen MR) is 137 cm³/mol. The molecule has 9 nitrogen and oxygen atoms in total. The zero-order valence-corrected chi connectivity index (χ0v) is 20.1. The lowest BCUT2D eigenvalue weighted by molar-refractivity contribution is 0.0664. The van der Waals surface area contributed by atoms with Crippen LogP contribution in [0.15, 0.2) is 66.7 Å². The molecule has 3 aromatic rings. The molecule has 0 atom stereocenters. The number of nitrogens with zero attached hydrogens (tertiary/aromatic N) is 5. The van der Waals surface area contributed by atoms with Gasteiger partial charge in [0.1, 0.15) is 11.6 Å². The fraction of sp³-hybridized carbons (Fsp3) is 0.259. The zero-order valence-electron chi connectivity index (χ0n) is 20.1. The van der Waals surface area contributed by atoms with Gasteiger partial charge in [-0.3, -0.25) is 4.79 Å². The molecule has 9 heteroatoms. The van der Waals surface area contributed by atoms with Crippen LogP contribution < -0.4 is 15.4 Å². The summed E-state index contributed by atoms with van der Waals surface area (Å²) in [6, 6.07) is 19.1. The molecule has 0 unspecified atom stereocenters. The summed E-state index contributed by atoms with van der Waals surface area (Å²) in [7, 11) is 2.08. The highest BCUT2D eigenvalue weighted by Crippen LogP contribution is 2.35. The SMILES string of the molecule is CN1CCN(C(=O)c2ccc(CCNc3nccc(/C(C#N)=C4/Nc5ccccc5O4)n3)cc2)CC1. The lowest BCUT2D eigenvalue weighted by Gasteiger charge is -2.32. The Labute approximate surface area is 210 Å². The van der Waals surface area contributed by atoms with Gasteiger partial charge in [0.25, 0.3) is 5.91 Å². The molecule has 0 spiro atoms. The van der Waals surface area contributed by atoms with E-state index in [0.29, 0.717) is 41.0 Å². The molecule has 36 heavy (non-hydrogen) atoms. The molecule has 2 N–H and O–H groups in total. The summed E-state index contributed by atoms with van der Waals surface area (Å²) in [6.45, 7) is 3.94. The van der Waals surface area contributed by atoms with E-state index in [4.69, 9.17) is 4.74 Å². The Morgan fingerprint density at radius 2 is 1.89 bits per heavy atom. The maximum atomic E-state index is 12.7. The minimum Gasteiger partial charge on any atom is -0.437 e. The number of hydrogen-bond acceptors (Lipinski definition) is 8. The van der Waals surface area contributed by atoms with Crippen molar-refractivity contribution in [2.75, 3.05) is 50.4 Å². The van der Waals surface area contributed by atoms with Crippen molar-refractivity contribution in [2.45, 2.75) is 6.42 Å². The minimum atomic E-state index is 0.0873. The Hall–Kier alpha value is -4.42. The van der Waals surface area contributed by atoms with Crippen LogP contribution in [0.1, 0.15) is 21.6 Å². The van der Waals surface area contributed by atoms with E-state index in [1.54, 1.807) is 12.3 Å². The lowest BCUT2D eigenvalue weighted by Crippen LogP contribution is -2.47. The number of para-hydroxylation sites is 2. The van der Waals surface area contributed by atoms with Crippen LogP contribution in [0.5, 0.6) is 5.75 Å². The van der Waals surface area contributed by atoms with E-state index in [2.05, 4.69) is 38.6 Å². The first kappa shape index (κ1) is 23.3. The number of piperazine rings is 1. The predicted octanol–water partition coefficient (Wildman–Crippen LogP) is 3.22. The molecule has 3 heterocycles. The molecule has 1 aromatic heterocycles. The Balaban J connectivity index is 1.18. The summed E-state index contributed by atoms with van der Waals surface area (Å²) >= 11 is 0. The molecule has 5 rings (SSSR count). The number of nitrogens with one attached hydrogen (secondary N) is 2. The molecule has 0 bridgehead atoms. The van der Waals surface area contributed by atoms with E-state index in [1.807, 2.05) is 53.4 Å². The van der Waals surface area contributed by atoms with Crippen molar-refractivity contribution >= 4 is 23.1 Å². The number of carbonyl (C=O) groups excluding carboxylic acids is 1. The van der Waals surface area contributed by atoms with E-state index >= 15 is 0 Å². The van der Waals surface area contributed by atoms with Gasteiger partial charge >= 0.3 is 0 Å². The number of ether oxygens (including phenoxy) is 1. The number of benzene rings is 2. The Kier molecular flexibility index (Phi) is 6.78. The number of likely N-dealkylation sites (N-methyl/N-ethyl adjacent to an activating group) is 1. The number of fused-ring (bicyclic) bond motifs is 1. The second-order valence-corrected chi connectivity index (χ2v) is 8.77. The number of anilines is 2. The monoisotopic (exact) mass is 481 g/mol. The summed E-state index contributed by atoms with van der Waals surface area (Å²) in [4.78, 5) is 25.7. The van der Waals surface area contributed by atoms with Crippen LogP contribution >= 0.6 is 0 Å². The van der Waals surface area contributed by atoms with Crippen LogP contribution in [0, 0.1) is 11.3 Å². The van der Waals surface area contributed by atoms with Gasteiger partial charge in [-0.15, -0.1) is 0 Å². The fourth-order valence-electron chi connectivity index (χ4n) is 4.16. The number of carbonyl (C=O) groups is 1. The Morgan fingerprint density at radius 3 is 2.64 bits per heavy atom. The molecule has 2 aliphatic rings. The van der Waals surface area contributed by atoms with Crippen LogP contribution in [0.4, 0.5) is 11.6 Å². The molecular formula is C27H27N7O2. The first-order valence-corrected chi connectivity index (χ1v) is 11.9. The largest absolute Gasteiger partial charge is 0.437 e. The highest BCUT2D eigenvalue weighted by molar-refractivity contribution is 5.94. The topological polar surface area (TPSA) is 106 Å². The van der Waals surface area contributed by atoms with E-state index < -0.39 is 0 Å². The van der Waals surface area contributed by atoms with E-state index in [9.17, 15) is 10.1 Å². The van der Waals surface area contributed by atoms with Crippen LogP contribution in [0.25, 0.3) is 5.57 Å². The molecule has 1 saturated heterocycles. The van der Waals surface area contributed by atoms with Crippen molar-refractivity contribution in [3.63, 3.8) is 0 Å². The van der Waals surface area contributed by atoms with Gasteiger partial charge < -0.3 is 25.2 Å². The normalized spacial score (nSPS) is 16.4. The van der Waals surface area contributed by atoms with E-state index in [0.717, 1.165) is 43.9 Å². The molecule has 0 radical (unpaired) electrons. The van der Waals surface area contributed by atoms with Gasteiger partial charge in [-0.05, 0) is 49.4 Å². The molecule has 0 saturated carbocycles. The van der Waals surface area contributed by atoms with E-state index in [-0.39, 0.29) is 5.91 Å². The van der Waals surface area contributed by atoms with Gasteiger partial charge in [0.05, 0.1) is 11.4 Å². The first-order valence-electron chi connectivity index (χ1n) is 11.9. The Morgan fingerprint density at radius 1 is 1.11 bits per heavy atom. The number of amides is 1. The second-order valence-electron chi connectivity index (χ2n) is 8.77. The first-order chi connectivity index (χ1) is 17.6. The molecular weight excluding hydrogens is 454 g/mol. The minimum absolute atomic E-state index is 0.0873. The smallest absolute Gasteiger partial charge is 0.253 e. The van der Waals surface area contributed by atoms with Crippen LogP contribution in [0.3, 0.4) is 0 Å². The number of hydrogen-bond donors (Lipinski definition) is 2. The van der Waals surface area contributed by atoms with Crippen molar-refractivity contribution in [1.82, 2.24) is 19.8 Å². The molecule has 182 valence electrons. The maximum absolute atomic E-state index is 12.7.